The smallest absolute Gasteiger partial charge is 0.188 e. The lowest BCUT2D eigenvalue weighted by Crippen LogP contribution is -2.30. The van der Waals surface area contributed by atoms with Crippen LogP contribution in [0.25, 0.3) is 0 Å². The van der Waals surface area contributed by atoms with E-state index in [9.17, 15) is 4.39 Å². The number of nitrogens with zero attached hydrogens (tertiary/aromatic N) is 1. The molecule has 0 aliphatic carbocycles. The van der Waals surface area contributed by atoms with E-state index in [1.807, 2.05) is 0 Å². The highest BCUT2D eigenvalue weighted by Crippen LogP contribution is 2.15. The summed E-state index contributed by atoms with van der Waals surface area (Å²) in [4.78, 5) is 3.72. The van der Waals surface area contributed by atoms with Crippen LogP contribution in [0.15, 0.2) is 23.2 Å². The lowest BCUT2D eigenvalue weighted by atomic mass is 10.2. The molecule has 0 aliphatic rings. The topological polar surface area (TPSA) is 50.4 Å². The highest BCUT2D eigenvalue weighted by Gasteiger charge is 2.00. The van der Waals surface area contributed by atoms with E-state index < -0.39 is 5.82 Å². The molecule has 0 unspecified atom stereocenters. The number of aliphatic imine (C=N–C) groups is 1. The van der Waals surface area contributed by atoms with Crippen molar-refractivity contribution in [2.24, 2.45) is 10.7 Å². The Hall–Kier alpha value is -1.29. The molecule has 1 aromatic rings. The Morgan fingerprint density at radius 1 is 1.64 bits per heavy atom. The Balaban J connectivity index is 2.64. The molecule has 0 bridgehead atoms. The highest BCUT2D eigenvalue weighted by molar-refractivity contribution is 6.30. The van der Waals surface area contributed by atoms with Gasteiger partial charge in [-0.05, 0) is 17.7 Å². The van der Waals surface area contributed by atoms with E-state index in [-0.39, 0.29) is 5.02 Å². The van der Waals surface area contributed by atoms with E-state index in [0.29, 0.717) is 12.5 Å². The van der Waals surface area contributed by atoms with Gasteiger partial charge in [0, 0.05) is 13.6 Å². The van der Waals surface area contributed by atoms with Crippen molar-refractivity contribution in [3.8, 4) is 0 Å². The normalized spacial score (nSPS) is 11.5. The molecule has 0 aliphatic heterocycles. The van der Waals surface area contributed by atoms with Crippen LogP contribution in [0.5, 0.6) is 0 Å². The molecule has 1 aromatic carbocycles. The summed E-state index contributed by atoms with van der Waals surface area (Å²) in [6.07, 6.45) is 0. The molecular weight excluding hydrogens is 205 g/mol. The zero-order valence-electron chi connectivity index (χ0n) is 7.72. The molecule has 1 rings (SSSR count). The van der Waals surface area contributed by atoms with Crippen molar-refractivity contribution in [2.45, 2.75) is 6.54 Å². The lowest BCUT2D eigenvalue weighted by Gasteiger charge is -2.05. The van der Waals surface area contributed by atoms with Crippen molar-refractivity contribution in [2.75, 3.05) is 7.05 Å². The molecule has 0 spiro atoms. The van der Waals surface area contributed by atoms with Gasteiger partial charge in [-0.2, -0.15) is 0 Å². The minimum atomic E-state index is -0.424. The minimum Gasteiger partial charge on any atom is -0.370 e. The van der Waals surface area contributed by atoms with Gasteiger partial charge in [0.25, 0.3) is 0 Å². The fourth-order valence-corrected chi connectivity index (χ4v) is 1.12. The van der Waals surface area contributed by atoms with Crippen molar-refractivity contribution in [1.82, 2.24) is 5.32 Å². The number of nitrogens with one attached hydrogen (secondary N) is 1. The minimum absolute atomic E-state index is 0.108. The van der Waals surface area contributed by atoms with Crippen molar-refractivity contribution >= 4 is 17.6 Å². The van der Waals surface area contributed by atoms with E-state index in [2.05, 4.69) is 10.3 Å². The average molecular weight is 216 g/mol. The molecule has 0 saturated carbocycles. The van der Waals surface area contributed by atoms with Gasteiger partial charge in [0.2, 0.25) is 0 Å². The number of rotatable bonds is 2. The molecule has 76 valence electrons. The summed E-state index contributed by atoms with van der Waals surface area (Å²) in [6, 6.07) is 4.50. The van der Waals surface area contributed by atoms with Crippen LogP contribution in [0.1, 0.15) is 5.56 Å². The van der Waals surface area contributed by atoms with Gasteiger partial charge in [-0.3, -0.25) is 4.99 Å². The van der Waals surface area contributed by atoms with Crippen molar-refractivity contribution in [3.05, 3.63) is 34.6 Å². The van der Waals surface area contributed by atoms with Crippen LogP contribution in [-0.2, 0) is 6.54 Å². The van der Waals surface area contributed by atoms with Gasteiger partial charge in [-0.1, -0.05) is 17.7 Å². The summed E-state index contributed by atoms with van der Waals surface area (Å²) in [5.74, 6) is -0.0852. The third-order valence-electron chi connectivity index (χ3n) is 1.70. The van der Waals surface area contributed by atoms with Crippen molar-refractivity contribution in [1.29, 1.82) is 0 Å². The second-order valence-electron chi connectivity index (χ2n) is 2.71. The average Bonchev–Trinajstić information content (AvgIpc) is 2.19. The van der Waals surface area contributed by atoms with Gasteiger partial charge < -0.3 is 11.1 Å². The van der Waals surface area contributed by atoms with Gasteiger partial charge in [-0.25, -0.2) is 4.39 Å². The molecular formula is C9H11ClFN3. The summed E-state index contributed by atoms with van der Waals surface area (Å²) >= 11 is 5.60. The number of hydrogen-bond donors (Lipinski definition) is 2. The molecule has 0 aromatic heterocycles. The first-order valence-corrected chi connectivity index (χ1v) is 4.41. The first-order valence-electron chi connectivity index (χ1n) is 4.03. The molecule has 0 amide bonds. The number of benzene rings is 1. The number of halogens is 2. The Morgan fingerprint density at radius 3 is 2.93 bits per heavy atom. The van der Waals surface area contributed by atoms with Crippen LogP contribution in [-0.4, -0.2) is 13.0 Å². The first kappa shape index (κ1) is 10.8. The van der Waals surface area contributed by atoms with Crippen LogP contribution in [0, 0.1) is 5.82 Å². The van der Waals surface area contributed by atoms with Crippen LogP contribution < -0.4 is 11.1 Å². The molecule has 0 heterocycles. The zero-order chi connectivity index (χ0) is 10.6. The fraction of sp³-hybridized carbons (Fsp3) is 0.222. The quantitative estimate of drug-likeness (QED) is 0.581. The van der Waals surface area contributed by atoms with Gasteiger partial charge in [0.1, 0.15) is 5.82 Å². The molecule has 0 radical (unpaired) electrons. The summed E-state index contributed by atoms with van der Waals surface area (Å²) in [7, 11) is 1.58. The van der Waals surface area contributed by atoms with Crippen LogP contribution in [0.4, 0.5) is 4.39 Å². The second kappa shape index (κ2) is 4.81. The van der Waals surface area contributed by atoms with E-state index in [1.54, 1.807) is 19.2 Å². The molecule has 0 saturated heterocycles. The van der Waals surface area contributed by atoms with Gasteiger partial charge in [-0.15, -0.1) is 0 Å². The standard InChI is InChI=1S/C9H11ClFN3/c1-13-9(12)14-5-6-2-3-8(11)7(10)4-6/h2-4H,5H2,1H3,(H3,12,13,14). The second-order valence-corrected chi connectivity index (χ2v) is 3.12. The Morgan fingerprint density at radius 2 is 2.36 bits per heavy atom. The van der Waals surface area contributed by atoms with Gasteiger partial charge in [0.15, 0.2) is 5.96 Å². The van der Waals surface area contributed by atoms with E-state index in [1.165, 1.54) is 6.07 Å². The molecule has 0 fully saturated rings. The maximum Gasteiger partial charge on any atom is 0.188 e. The largest absolute Gasteiger partial charge is 0.370 e. The van der Waals surface area contributed by atoms with Crippen LogP contribution in [0.3, 0.4) is 0 Å². The Bertz CT molecular complexity index is 352. The van der Waals surface area contributed by atoms with Crippen molar-refractivity contribution < 1.29 is 4.39 Å². The predicted molar refractivity (Wildman–Crippen MR) is 55.8 cm³/mol. The molecule has 3 N–H and O–H groups in total. The molecule has 3 nitrogen and oxygen atoms in total. The number of nitrogens with two attached hydrogens (primary N) is 1. The Labute approximate surface area is 86.8 Å². The SMILES string of the molecule is CN=C(N)NCc1ccc(F)c(Cl)c1. The van der Waals surface area contributed by atoms with Crippen molar-refractivity contribution in [3.63, 3.8) is 0 Å². The third kappa shape index (κ3) is 2.88. The predicted octanol–water partition coefficient (Wildman–Crippen LogP) is 1.51. The van der Waals surface area contributed by atoms with Gasteiger partial charge in [0.05, 0.1) is 5.02 Å². The van der Waals surface area contributed by atoms with E-state index >= 15 is 0 Å². The highest BCUT2D eigenvalue weighted by atomic mass is 35.5. The van der Waals surface area contributed by atoms with Gasteiger partial charge >= 0.3 is 0 Å². The lowest BCUT2D eigenvalue weighted by molar-refractivity contribution is 0.627. The molecule has 14 heavy (non-hydrogen) atoms. The summed E-state index contributed by atoms with van der Waals surface area (Å²) in [5.41, 5.74) is 6.27. The Kier molecular flexibility index (Phi) is 3.71. The molecule has 0 atom stereocenters. The zero-order valence-corrected chi connectivity index (χ0v) is 8.48. The number of guanidine groups is 1. The number of hydrogen-bond acceptors (Lipinski definition) is 1. The fourth-order valence-electron chi connectivity index (χ4n) is 0.921. The summed E-state index contributed by atoms with van der Waals surface area (Å²) in [6.45, 7) is 0.475. The van der Waals surface area contributed by atoms with Crippen LogP contribution in [0.2, 0.25) is 5.02 Å². The van der Waals surface area contributed by atoms with E-state index in [0.717, 1.165) is 5.56 Å². The summed E-state index contributed by atoms with van der Waals surface area (Å²) < 4.78 is 12.8. The maximum atomic E-state index is 12.8. The monoisotopic (exact) mass is 215 g/mol. The maximum absolute atomic E-state index is 12.8. The molecule has 5 heteroatoms. The third-order valence-corrected chi connectivity index (χ3v) is 1.99. The summed E-state index contributed by atoms with van der Waals surface area (Å²) in [5, 5.41) is 2.95. The van der Waals surface area contributed by atoms with Crippen LogP contribution >= 0.6 is 11.6 Å². The van der Waals surface area contributed by atoms with E-state index in [4.69, 9.17) is 17.3 Å². The first-order chi connectivity index (χ1) is 6.63.